The van der Waals surface area contributed by atoms with Gasteiger partial charge in [0.1, 0.15) is 5.75 Å². The number of ether oxygens (including phenoxy) is 2. The van der Waals surface area contributed by atoms with Crippen LogP contribution >= 0.6 is 0 Å². The number of rotatable bonds is 5. The van der Waals surface area contributed by atoms with E-state index >= 15 is 0 Å². The fourth-order valence-electron chi connectivity index (χ4n) is 3.34. The van der Waals surface area contributed by atoms with Crippen LogP contribution in [0.15, 0.2) is 24.3 Å². The summed E-state index contributed by atoms with van der Waals surface area (Å²) in [7, 11) is 0. The quantitative estimate of drug-likeness (QED) is 0.902. The van der Waals surface area contributed by atoms with Gasteiger partial charge in [-0.15, -0.1) is 0 Å². The summed E-state index contributed by atoms with van der Waals surface area (Å²) in [5.41, 5.74) is 1.23. The maximum absolute atomic E-state index is 5.86. The zero-order chi connectivity index (χ0) is 14.5. The van der Waals surface area contributed by atoms with Crippen LogP contribution in [0.5, 0.6) is 5.75 Å². The van der Waals surface area contributed by atoms with Gasteiger partial charge in [-0.3, -0.25) is 0 Å². The Hall–Kier alpha value is -1.26. The van der Waals surface area contributed by atoms with Gasteiger partial charge >= 0.3 is 0 Å². The second-order valence-corrected chi connectivity index (χ2v) is 5.90. The van der Waals surface area contributed by atoms with E-state index < -0.39 is 0 Å². The van der Waals surface area contributed by atoms with Crippen LogP contribution in [-0.4, -0.2) is 45.5 Å². The van der Waals surface area contributed by atoms with Crippen molar-refractivity contribution in [2.24, 2.45) is 5.92 Å². The molecule has 2 aliphatic heterocycles. The predicted octanol–water partition coefficient (Wildman–Crippen LogP) is 2.29. The van der Waals surface area contributed by atoms with Crippen LogP contribution in [0, 0.1) is 5.92 Å². The number of benzene rings is 1. The van der Waals surface area contributed by atoms with E-state index in [2.05, 4.69) is 41.4 Å². The molecule has 0 spiro atoms. The van der Waals surface area contributed by atoms with Crippen molar-refractivity contribution in [1.29, 1.82) is 0 Å². The minimum Gasteiger partial charge on any atom is -0.491 e. The van der Waals surface area contributed by atoms with E-state index in [0.29, 0.717) is 12.0 Å². The third kappa shape index (κ3) is 3.50. The third-order valence-corrected chi connectivity index (χ3v) is 4.45. The average Bonchev–Trinajstić information content (AvgIpc) is 2.97. The van der Waals surface area contributed by atoms with E-state index in [0.717, 1.165) is 51.6 Å². The van der Waals surface area contributed by atoms with Crippen molar-refractivity contribution in [2.45, 2.75) is 25.8 Å². The first kappa shape index (κ1) is 14.7. The molecule has 1 aromatic carbocycles. The second-order valence-electron chi connectivity index (χ2n) is 5.90. The van der Waals surface area contributed by atoms with E-state index in [1.54, 1.807) is 0 Å². The van der Waals surface area contributed by atoms with E-state index in [9.17, 15) is 0 Å². The first-order valence-corrected chi connectivity index (χ1v) is 8.16. The van der Waals surface area contributed by atoms with Crippen LogP contribution in [0.3, 0.4) is 0 Å². The van der Waals surface area contributed by atoms with Crippen LogP contribution in [0.1, 0.15) is 19.8 Å². The molecule has 0 aliphatic carbocycles. The van der Waals surface area contributed by atoms with Gasteiger partial charge in [-0.2, -0.15) is 0 Å². The Balaban J connectivity index is 1.75. The molecule has 1 saturated heterocycles. The van der Waals surface area contributed by atoms with Crippen molar-refractivity contribution in [1.82, 2.24) is 5.32 Å². The number of likely N-dealkylation sites (N-methyl/N-ethyl adjacent to an activating group) is 1. The number of para-hydroxylation sites is 2. The van der Waals surface area contributed by atoms with Gasteiger partial charge in [0.2, 0.25) is 0 Å². The number of hydrogen-bond donors (Lipinski definition) is 1. The maximum atomic E-state index is 5.86. The molecule has 2 atom stereocenters. The fraction of sp³-hybridized carbons (Fsp3) is 0.647. The highest BCUT2D eigenvalue weighted by Gasteiger charge is 2.28. The molecule has 2 aliphatic rings. The standard InChI is InChI=1S/C17H26N2O2/c1-2-18-15(14-8-11-20-13-14)12-19-9-5-10-21-17-7-4-3-6-16(17)19/h3-4,6-7,14-15,18H,2,5,8-13H2,1H3. The molecule has 0 saturated carbocycles. The van der Waals surface area contributed by atoms with Crippen LogP contribution in [0.4, 0.5) is 5.69 Å². The summed E-state index contributed by atoms with van der Waals surface area (Å²) in [6.07, 6.45) is 2.25. The molecule has 21 heavy (non-hydrogen) atoms. The average molecular weight is 290 g/mol. The lowest BCUT2D eigenvalue weighted by molar-refractivity contribution is 0.177. The van der Waals surface area contributed by atoms with Gasteiger partial charge in [-0.1, -0.05) is 19.1 Å². The topological polar surface area (TPSA) is 33.7 Å². The van der Waals surface area contributed by atoms with Gasteiger partial charge in [0.15, 0.2) is 0 Å². The van der Waals surface area contributed by atoms with Gasteiger partial charge in [0, 0.05) is 31.7 Å². The van der Waals surface area contributed by atoms with Crippen molar-refractivity contribution < 1.29 is 9.47 Å². The van der Waals surface area contributed by atoms with Gasteiger partial charge in [0.05, 0.1) is 18.9 Å². The Bertz CT molecular complexity index is 446. The summed E-state index contributed by atoms with van der Waals surface area (Å²) in [4.78, 5) is 2.48. The molecule has 4 heteroatoms. The summed E-state index contributed by atoms with van der Waals surface area (Å²) in [5, 5.41) is 3.66. The lowest BCUT2D eigenvalue weighted by Gasteiger charge is -2.32. The van der Waals surface area contributed by atoms with Crippen LogP contribution in [-0.2, 0) is 4.74 Å². The van der Waals surface area contributed by atoms with Gasteiger partial charge in [-0.25, -0.2) is 0 Å². The highest BCUT2D eigenvalue weighted by atomic mass is 16.5. The minimum absolute atomic E-state index is 0.489. The predicted molar refractivity (Wildman–Crippen MR) is 85.2 cm³/mol. The Kier molecular flexibility index (Phi) is 4.99. The summed E-state index contributed by atoms with van der Waals surface area (Å²) < 4.78 is 11.4. The molecule has 4 nitrogen and oxygen atoms in total. The number of nitrogens with zero attached hydrogens (tertiary/aromatic N) is 1. The molecule has 1 fully saturated rings. The molecule has 3 rings (SSSR count). The van der Waals surface area contributed by atoms with Crippen molar-refractivity contribution in [2.75, 3.05) is 44.4 Å². The van der Waals surface area contributed by atoms with Gasteiger partial charge < -0.3 is 19.7 Å². The monoisotopic (exact) mass is 290 g/mol. The molecular formula is C17H26N2O2. The number of nitrogens with one attached hydrogen (secondary N) is 1. The number of hydrogen-bond acceptors (Lipinski definition) is 4. The van der Waals surface area contributed by atoms with Crippen molar-refractivity contribution in [3.8, 4) is 5.75 Å². The van der Waals surface area contributed by atoms with Gasteiger partial charge in [-0.05, 0) is 31.5 Å². The molecular weight excluding hydrogens is 264 g/mol. The SMILES string of the molecule is CCNC(CN1CCCOc2ccccc21)C1CCOC1. The highest BCUT2D eigenvalue weighted by Crippen LogP contribution is 2.31. The van der Waals surface area contributed by atoms with E-state index in [-0.39, 0.29) is 0 Å². The Labute approximate surface area is 127 Å². The molecule has 0 aromatic heterocycles. The summed E-state index contributed by atoms with van der Waals surface area (Å²) >= 11 is 0. The smallest absolute Gasteiger partial charge is 0.142 e. The van der Waals surface area contributed by atoms with E-state index in [1.165, 1.54) is 12.1 Å². The fourth-order valence-corrected chi connectivity index (χ4v) is 3.34. The molecule has 0 amide bonds. The molecule has 2 heterocycles. The van der Waals surface area contributed by atoms with E-state index in [1.807, 2.05) is 0 Å². The largest absolute Gasteiger partial charge is 0.491 e. The number of fused-ring (bicyclic) bond motifs is 1. The molecule has 0 bridgehead atoms. The van der Waals surface area contributed by atoms with Crippen molar-refractivity contribution in [3.05, 3.63) is 24.3 Å². The number of anilines is 1. The maximum Gasteiger partial charge on any atom is 0.142 e. The summed E-state index contributed by atoms with van der Waals surface area (Å²) in [6.45, 7) is 7.89. The molecule has 1 aromatic rings. The molecule has 0 radical (unpaired) electrons. The highest BCUT2D eigenvalue weighted by molar-refractivity contribution is 5.59. The molecule has 2 unspecified atom stereocenters. The van der Waals surface area contributed by atoms with Crippen LogP contribution in [0.25, 0.3) is 0 Å². The Morgan fingerprint density at radius 2 is 2.24 bits per heavy atom. The lowest BCUT2D eigenvalue weighted by Crippen LogP contribution is -2.46. The Morgan fingerprint density at radius 1 is 1.33 bits per heavy atom. The normalized spacial score (nSPS) is 23.3. The first-order chi connectivity index (χ1) is 10.4. The van der Waals surface area contributed by atoms with Crippen LogP contribution < -0.4 is 15.0 Å². The zero-order valence-electron chi connectivity index (χ0n) is 12.9. The van der Waals surface area contributed by atoms with Crippen molar-refractivity contribution in [3.63, 3.8) is 0 Å². The summed E-state index contributed by atoms with van der Waals surface area (Å²) in [6, 6.07) is 8.89. The lowest BCUT2D eigenvalue weighted by atomic mass is 9.98. The summed E-state index contributed by atoms with van der Waals surface area (Å²) in [5.74, 6) is 1.65. The van der Waals surface area contributed by atoms with Crippen molar-refractivity contribution >= 4 is 5.69 Å². The zero-order valence-corrected chi connectivity index (χ0v) is 12.9. The molecule has 1 N–H and O–H groups in total. The second kappa shape index (κ2) is 7.14. The van der Waals surface area contributed by atoms with E-state index in [4.69, 9.17) is 9.47 Å². The third-order valence-electron chi connectivity index (χ3n) is 4.45. The van der Waals surface area contributed by atoms with Crippen LogP contribution in [0.2, 0.25) is 0 Å². The minimum atomic E-state index is 0.489. The molecule has 116 valence electrons. The first-order valence-electron chi connectivity index (χ1n) is 8.16. The van der Waals surface area contributed by atoms with Gasteiger partial charge in [0.25, 0.3) is 0 Å². The Morgan fingerprint density at radius 3 is 3.05 bits per heavy atom.